The quantitative estimate of drug-likeness (QED) is 0.619. The summed E-state index contributed by atoms with van der Waals surface area (Å²) in [5.41, 5.74) is 0.304. The summed E-state index contributed by atoms with van der Waals surface area (Å²) in [6, 6.07) is 9.15. The van der Waals surface area contributed by atoms with Crippen molar-refractivity contribution >= 4 is 5.97 Å². The third kappa shape index (κ3) is 4.59. The van der Waals surface area contributed by atoms with Crippen LogP contribution >= 0.6 is 0 Å². The molecule has 1 N–H and O–H groups in total. The number of hydrogen-bond acceptors (Lipinski definition) is 4. The van der Waals surface area contributed by atoms with E-state index in [9.17, 15) is 9.90 Å². The second-order valence-electron chi connectivity index (χ2n) is 4.08. The van der Waals surface area contributed by atoms with E-state index in [-0.39, 0.29) is 6.61 Å². The van der Waals surface area contributed by atoms with Crippen molar-refractivity contribution in [1.82, 2.24) is 0 Å². The zero-order valence-electron chi connectivity index (χ0n) is 10.6. The standard InChI is InChI=1S/C14H18O4/c1-10(2)14(16)17-9-13(15)11(3)18-12-7-5-4-6-8-12/h4-8,11,13,15H,1,9H2,2-3H3. The van der Waals surface area contributed by atoms with E-state index in [1.807, 2.05) is 18.2 Å². The first-order chi connectivity index (χ1) is 8.50. The zero-order valence-corrected chi connectivity index (χ0v) is 10.6. The topological polar surface area (TPSA) is 55.8 Å². The van der Waals surface area contributed by atoms with Gasteiger partial charge in [-0.05, 0) is 26.0 Å². The van der Waals surface area contributed by atoms with Crippen molar-refractivity contribution in [3.05, 3.63) is 42.5 Å². The minimum Gasteiger partial charge on any atom is -0.488 e. The summed E-state index contributed by atoms with van der Waals surface area (Å²) in [4.78, 5) is 11.2. The molecule has 0 aromatic heterocycles. The fourth-order valence-corrected chi connectivity index (χ4v) is 1.21. The van der Waals surface area contributed by atoms with Gasteiger partial charge >= 0.3 is 5.97 Å². The molecule has 2 atom stereocenters. The Morgan fingerprint density at radius 2 is 2.00 bits per heavy atom. The maximum atomic E-state index is 11.2. The van der Waals surface area contributed by atoms with Gasteiger partial charge in [0, 0.05) is 5.57 Å². The van der Waals surface area contributed by atoms with E-state index >= 15 is 0 Å². The van der Waals surface area contributed by atoms with Crippen molar-refractivity contribution < 1.29 is 19.4 Å². The molecule has 0 bridgehead atoms. The molecule has 4 nitrogen and oxygen atoms in total. The van der Waals surface area contributed by atoms with Gasteiger partial charge in [0.05, 0.1) is 0 Å². The van der Waals surface area contributed by atoms with Crippen LogP contribution in [-0.2, 0) is 9.53 Å². The molecule has 0 aliphatic rings. The highest BCUT2D eigenvalue weighted by molar-refractivity contribution is 5.86. The minimum atomic E-state index is -0.881. The molecule has 0 radical (unpaired) electrons. The Bertz CT molecular complexity index is 400. The molecule has 0 fully saturated rings. The summed E-state index contributed by atoms with van der Waals surface area (Å²) in [6.45, 7) is 6.62. The highest BCUT2D eigenvalue weighted by atomic mass is 16.6. The Morgan fingerprint density at radius 3 is 2.56 bits per heavy atom. The molecule has 0 saturated carbocycles. The second kappa shape index (κ2) is 6.81. The van der Waals surface area contributed by atoms with E-state index in [4.69, 9.17) is 9.47 Å². The largest absolute Gasteiger partial charge is 0.488 e. The van der Waals surface area contributed by atoms with Gasteiger partial charge in [0.1, 0.15) is 24.6 Å². The second-order valence-corrected chi connectivity index (χ2v) is 4.08. The van der Waals surface area contributed by atoms with Gasteiger partial charge in [0.25, 0.3) is 0 Å². The Kier molecular flexibility index (Phi) is 5.39. The van der Waals surface area contributed by atoms with E-state index in [0.29, 0.717) is 11.3 Å². The molecule has 0 saturated heterocycles. The molecular formula is C14H18O4. The van der Waals surface area contributed by atoms with Crippen LogP contribution in [0, 0.1) is 0 Å². The van der Waals surface area contributed by atoms with Gasteiger partial charge < -0.3 is 14.6 Å². The van der Waals surface area contributed by atoms with Crippen LogP contribution in [0.5, 0.6) is 5.75 Å². The fourth-order valence-electron chi connectivity index (χ4n) is 1.21. The number of ether oxygens (including phenoxy) is 2. The lowest BCUT2D eigenvalue weighted by Gasteiger charge is -2.20. The van der Waals surface area contributed by atoms with Crippen molar-refractivity contribution in [2.45, 2.75) is 26.1 Å². The number of carbonyl (C=O) groups is 1. The first-order valence-corrected chi connectivity index (χ1v) is 5.73. The molecule has 1 rings (SSSR count). The fraction of sp³-hybridized carbons (Fsp3) is 0.357. The van der Waals surface area contributed by atoms with Crippen LogP contribution in [0.15, 0.2) is 42.5 Å². The minimum absolute atomic E-state index is 0.111. The lowest BCUT2D eigenvalue weighted by molar-refractivity contribution is -0.143. The SMILES string of the molecule is C=C(C)C(=O)OCC(O)C(C)Oc1ccccc1. The van der Waals surface area contributed by atoms with Gasteiger partial charge in [-0.3, -0.25) is 0 Å². The van der Waals surface area contributed by atoms with Crippen LogP contribution in [0.4, 0.5) is 0 Å². The van der Waals surface area contributed by atoms with E-state index in [1.54, 1.807) is 26.0 Å². The maximum absolute atomic E-state index is 11.2. The third-order valence-electron chi connectivity index (χ3n) is 2.34. The van der Waals surface area contributed by atoms with Crippen LogP contribution in [0.2, 0.25) is 0 Å². The Balaban J connectivity index is 2.40. The van der Waals surface area contributed by atoms with Crippen LogP contribution in [0.1, 0.15) is 13.8 Å². The summed E-state index contributed by atoms with van der Waals surface area (Å²) >= 11 is 0. The summed E-state index contributed by atoms with van der Waals surface area (Å²) in [5.74, 6) is 0.149. The van der Waals surface area contributed by atoms with Crippen molar-refractivity contribution in [3.63, 3.8) is 0 Å². The molecule has 0 heterocycles. The number of aliphatic hydroxyl groups excluding tert-OH is 1. The maximum Gasteiger partial charge on any atom is 0.333 e. The van der Waals surface area contributed by atoms with Gasteiger partial charge in [0.15, 0.2) is 0 Å². The van der Waals surface area contributed by atoms with Crippen LogP contribution < -0.4 is 4.74 Å². The van der Waals surface area contributed by atoms with E-state index in [2.05, 4.69) is 6.58 Å². The summed E-state index contributed by atoms with van der Waals surface area (Å²) < 4.78 is 10.4. The first-order valence-electron chi connectivity index (χ1n) is 5.73. The summed E-state index contributed by atoms with van der Waals surface area (Å²) in [6.07, 6.45) is -1.35. The number of esters is 1. The molecule has 0 spiro atoms. The number of rotatable bonds is 6. The van der Waals surface area contributed by atoms with E-state index < -0.39 is 18.2 Å². The molecule has 0 aliphatic carbocycles. The number of carbonyl (C=O) groups excluding carboxylic acids is 1. The number of hydrogen-bond donors (Lipinski definition) is 1. The van der Waals surface area contributed by atoms with Gasteiger partial charge in [-0.2, -0.15) is 0 Å². The van der Waals surface area contributed by atoms with Crippen molar-refractivity contribution in [3.8, 4) is 5.75 Å². The van der Waals surface area contributed by atoms with Gasteiger partial charge in [0.2, 0.25) is 0 Å². The van der Waals surface area contributed by atoms with Gasteiger partial charge in [-0.25, -0.2) is 4.79 Å². The molecule has 18 heavy (non-hydrogen) atoms. The molecule has 0 aliphatic heterocycles. The lowest BCUT2D eigenvalue weighted by atomic mass is 10.2. The summed E-state index contributed by atoms with van der Waals surface area (Å²) in [5, 5.41) is 9.78. The van der Waals surface area contributed by atoms with Crippen molar-refractivity contribution in [2.24, 2.45) is 0 Å². The Hall–Kier alpha value is -1.81. The number of aliphatic hydroxyl groups is 1. The zero-order chi connectivity index (χ0) is 13.5. The monoisotopic (exact) mass is 250 g/mol. The summed E-state index contributed by atoms with van der Waals surface area (Å²) in [7, 11) is 0. The van der Waals surface area contributed by atoms with E-state index in [0.717, 1.165) is 0 Å². The highest BCUT2D eigenvalue weighted by Gasteiger charge is 2.18. The smallest absolute Gasteiger partial charge is 0.333 e. The van der Waals surface area contributed by atoms with Crippen molar-refractivity contribution in [1.29, 1.82) is 0 Å². The molecule has 4 heteroatoms. The Morgan fingerprint density at radius 1 is 1.39 bits per heavy atom. The predicted molar refractivity (Wildman–Crippen MR) is 68.3 cm³/mol. The average Bonchev–Trinajstić information content (AvgIpc) is 2.36. The average molecular weight is 250 g/mol. The molecule has 0 amide bonds. The number of para-hydroxylation sites is 1. The first kappa shape index (κ1) is 14.3. The van der Waals surface area contributed by atoms with Gasteiger partial charge in [-0.15, -0.1) is 0 Å². The lowest BCUT2D eigenvalue weighted by Crippen LogP contribution is -2.33. The van der Waals surface area contributed by atoms with Crippen LogP contribution in [0.25, 0.3) is 0 Å². The molecule has 1 aromatic carbocycles. The molecule has 1 aromatic rings. The molecular weight excluding hydrogens is 232 g/mol. The molecule has 98 valence electrons. The Labute approximate surface area is 107 Å². The van der Waals surface area contributed by atoms with E-state index in [1.165, 1.54) is 0 Å². The van der Waals surface area contributed by atoms with Crippen LogP contribution in [0.3, 0.4) is 0 Å². The third-order valence-corrected chi connectivity index (χ3v) is 2.34. The predicted octanol–water partition coefficient (Wildman–Crippen LogP) is 1.93. The van der Waals surface area contributed by atoms with Crippen LogP contribution in [-0.4, -0.2) is 29.9 Å². The number of benzene rings is 1. The molecule has 2 unspecified atom stereocenters. The van der Waals surface area contributed by atoms with Crippen molar-refractivity contribution in [2.75, 3.05) is 6.61 Å². The normalized spacial score (nSPS) is 13.5. The van der Waals surface area contributed by atoms with Gasteiger partial charge in [-0.1, -0.05) is 24.8 Å². The highest BCUT2D eigenvalue weighted by Crippen LogP contribution is 2.12.